The highest BCUT2D eigenvalue weighted by atomic mass is 32.1. The standard InChI is InChI=1S/C26H28N4O3S/c1-6-23-29-30-25(34-23)28-24(31)19(15-27)13-18-9-12-21(22(14-18)32-5)33-16-17-7-10-20(11-8-17)26(2,3)4/h7-14H,6,16H2,1-5H3,(H,28,30,31). The number of ether oxygens (including phenoxy) is 2. The highest BCUT2D eigenvalue weighted by Crippen LogP contribution is 2.30. The fourth-order valence-corrected chi connectivity index (χ4v) is 3.76. The van der Waals surface area contributed by atoms with Gasteiger partial charge >= 0.3 is 0 Å². The Morgan fingerprint density at radius 2 is 1.88 bits per heavy atom. The summed E-state index contributed by atoms with van der Waals surface area (Å²) in [6, 6.07) is 15.5. The first-order chi connectivity index (χ1) is 16.2. The Labute approximate surface area is 204 Å². The zero-order valence-electron chi connectivity index (χ0n) is 20.0. The van der Waals surface area contributed by atoms with Gasteiger partial charge in [-0.1, -0.05) is 69.4 Å². The van der Waals surface area contributed by atoms with E-state index in [1.807, 2.05) is 13.0 Å². The van der Waals surface area contributed by atoms with Crippen LogP contribution >= 0.6 is 11.3 Å². The SMILES string of the molecule is CCc1nnc(NC(=O)C(C#N)=Cc2ccc(OCc3ccc(C(C)(C)C)cc3)c(OC)c2)s1. The summed E-state index contributed by atoms with van der Waals surface area (Å²) in [5, 5.41) is 21.1. The van der Waals surface area contributed by atoms with Crippen LogP contribution < -0.4 is 14.8 Å². The third-order valence-electron chi connectivity index (χ3n) is 5.07. The number of carbonyl (C=O) groups is 1. The van der Waals surface area contributed by atoms with Crippen LogP contribution in [0.1, 0.15) is 49.4 Å². The van der Waals surface area contributed by atoms with Gasteiger partial charge in [0.05, 0.1) is 7.11 Å². The maximum Gasteiger partial charge on any atom is 0.268 e. The minimum absolute atomic E-state index is 0.0529. The molecule has 0 aliphatic heterocycles. The third kappa shape index (κ3) is 6.42. The van der Waals surface area contributed by atoms with Gasteiger partial charge < -0.3 is 9.47 Å². The number of nitrogens with zero attached hydrogens (tertiary/aromatic N) is 3. The summed E-state index contributed by atoms with van der Waals surface area (Å²) < 4.78 is 11.4. The summed E-state index contributed by atoms with van der Waals surface area (Å²) in [6.45, 7) is 8.89. The number of benzene rings is 2. The van der Waals surface area contributed by atoms with Gasteiger partial charge in [0.1, 0.15) is 23.3 Å². The lowest BCUT2D eigenvalue weighted by atomic mass is 9.87. The molecule has 0 fully saturated rings. The predicted molar refractivity (Wildman–Crippen MR) is 134 cm³/mol. The van der Waals surface area contributed by atoms with Gasteiger partial charge in [-0.05, 0) is 46.7 Å². The minimum Gasteiger partial charge on any atom is -0.493 e. The molecule has 8 heteroatoms. The van der Waals surface area contributed by atoms with Crippen molar-refractivity contribution in [3.05, 3.63) is 69.7 Å². The number of aromatic nitrogens is 2. The van der Waals surface area contributed by atoms with Crippen LogP contribution in [-0.4, -0.2) is 23.2 Å². The number of nitrogens with one attached hydrogen (secondary N) is 1. The van der Waals surface area contributed by atoms with Crippen molar-refractivity contribution in [1.82, 2.24) is 10.2 Å². The highest BCUT2D eigenvalue weighted by Gasteiger charge is 2.15. The summed E-state index contributed by atoms with van der Waals surface area (Å²) in [5.41, 5.74) is 2.99. The lowest BCUT2D eigenvalue weighted by Crippen LogP contribution is -2.13. The van der Waals surface area contributed by atoms with Crippen LogP contribution in [0.15, 0.2) is 48.0 Å². The van der Waals surface area contributed by atoms with Crippen LogP contribution in [-0.2, 0) is 23.2 Å². The third-order valence-corrected chi connectivity index (χ3v) is 6.05. The molecule has 1 amide bonds. The lowest BCUT2D eigenvalue weighted by molar-refractivity contribution is -0.112. The van der Waals surface area contributed by atoms with Crippen molar-refractivity contribution in [2.45, 2.75) is 46.1 Å². The van der Waals surface area contributed by atoms with Crippen molar-refractivity contribution in [3.63, 3.8) is 0 Å². The molecule has 0 bridgehead atoms. The van der Waals surface area contributed by atoms with Crippen molar-refractivity contribution >= 4 is 28.5 Å². The summed E-state index contributed by atoms with van der Waals surface area (Å²) in [5.74, 6) is 0.539. The Kier molecular flexibility index (Phi) is 8.03. The number of hydrogen-bond donors (Lipinski definition) is 1. The molecule has 1 N–H and O–H groups in total. The Morgan fingerprint density at radius 3 is 2.47 bits per heavy atom. The molecule has 3 rings (SSSR count). The molecule has 2 aromatic carbocycles. The van der Waals surface area contributed by atoms with E-state index in [0.717, 1.165) is 17.0 Å². The maximum absolute atomic E-state index is 12.5. The first-order valence-electron chi connectivity index (χ1n) is 10.9. The molecule has 0 saturated heterocycles. The van der Waals surface area contributed by atoms with Crippen molar-refractivity contribution in [2.75, 3.05) is 12.4 Å². The molecule has 0 aliphatic carbocycles. The van der Waals surface area contributed by atoms with E-state index >= 15 is 0 Å². The Morgan fingerprint density at radius 1 is 1.15 bits per heavy atom. The second-order valence-electron chi connectivity index (χ2n) is 8.62. The molecule has 3 aromatic rings. The Balaban J connectivity index is 1.71. The minimum atomic E-state index is -0.542. The van der Waals surface area contributed by atoms with E-state index in [0.29, 0.717) is 28.8 Å². The first-order valence-corrected chi connectivity index (χ1v) is 11.7. The summed E-state index contributed by atoms with van der Waals surface area (Å²) in [4.78, 5) is 12.5. The fourth-order valence-electron chi connectivity index (χ4n) is 3.08. The Hall–Kier alpha value is -3.70. The van der Waals surface area contributed by atoms with Gasteiger partial charge in [-0.15, -0.1) is 10.2 Å². The number of nitriles is 1. The van der Waals surface area contributed by atoms with Gasteiger partial charge in [0.25, 0.3) is 5.91 Å². The molecule has 176 valence electrons. The maximum atomic E-state index is 12.5. The summed E-state index contributed by atoms with van der Waals surface area (Å²) >= 11 is 1.28. The number of hydrogen-bond acceptors (Lipinski definition) is 7. The average Bonchev–Trinajstić information content (AvgIpc) is 3.28. The second-order valence-corrected chi connectivity index (χ2v) is 9.69. The van der Waals surface area contributed by atoms with Gasteiger partial charge in [-0.3, -0.25) is 10.1 Å². The second kappa shape index (κ2) is 10.9. The number of anilines is 1. The van der Waals surface area contributed by atoms with Gasteiger partial charge in [0.15, 0.2) is 11.5 Å². The predicted octanol–water partition coefficient (Wildman–Crippen LogP) is 5.53. The molecule has 0 atom stereocenters. The van der Waals surface area contributed by atoms with E-state index < -0.39 is 5.91 Å². The number of methoxy groups -OCH3 is 1. The molecule has 1 heterocycles. The smallest absolute Gasteiger partial charge is 0.268 e. The van der Waals surface area contributed by atoms with Crippen LogP contribution in [0.2, 0.25) is 0 Å². The van der Waals surface area contributed by atoms with Gasteiger partial charge in [0, 0.05) is 0 Å². The zero-order chi connectivity index (χ0) is 24.7. The van der Waals surface area contributed by atoms with Crippen LogP contribution in [0.5, 0.6) is 11.5 Å². The number of carbonyl (C=O) groups excluding carboxylic acids is 1. The van der Waals surface area contributed by atoms with Crippen molar-refractivity contribution < 1.29 is 14.3 Å². The first kappa shape index (κ1) is 24.9. The van der Waals surface area contributed by atoms with E-state index in [2.05, 4.69) is 60.6 Å². The molecular formula is C26H28N4O3S. The Bertz CT molecular complexity index is 1220. The molecule has 0 spiro atoms. The monoisotopic (exact) mass is 476 g/mol. The quantitative estimate of drug-likeness (QED) is 0.339. The fraction of sp³-hybridized carbons (Fsp3) is 0.308. The normalized spacial score (nSPS) is 11.6. The highest BCUT2D eigenvalue weighted by molar-refractivity contribution is 7.15. The molecule has 0 saturated carbocycles. The van der Waals surface area contributed by atoms with Crippen molar-refractivity contribution in [3.8, 4) is 17.6 Å². The molecule has 34 heavy (non-hydrogen) atoms. The zero-order valence-corrected chi connectivity index (χ0v) is 20.8. The largest absolute Gasteiger partial charge is 0.493 e. The lowest BCUT2D eigenvalue weighted by Gasteiger charge is -2.19. The van der Waals surface area contributed by atoms with E-state index in [1.54, 1.807) is 25.3 Å². The molecule has 1 aromatic heterocycles. The molecule has 0 unspecified atom stereocenters. The summed E-state index contributed by atoms with van der Waals surface area (Å²) in [7, 11) is 1.55. The van der Waals surface area contributed by atoms with Crippen LogP contribution in [0.25, 0.3) is 6.08 Å². The molecular weight excluding hydrogens is 448 g/mol. The molecule has 0 aliphatic rings. The van der Waals surface area contributed by atoms with E-state index in [9.17, 15) is 10.1 Å². The number of amides is 1. The van der Waals surface area contributed by atoms with Crippen LogP contribution in [0.3, 0.4) is 0 Å². The topological polar surface area (TPSA) is 97.1 Å². The molecule has 0 radical (unpaired) electrons. The molecule has 7 nitrogen and oxygen atoms in total. The van der Waals surface area contributed by atoms with E-state index in [1.165, 1.54) is 23.0 Å². The average molecular weight is 477 g/mol. The van der Waals surface area contributed by atoms with E-state index in [-0.39, 0.29) is 11.0 Å². The van der Waals surface area contributed by atoms with E-state index in [4.69, 9.17) is 9.47 Å². The van der Waals surface area contributed by atoms with Gasteiger partial charge in [-0.2, -0.15) is 5.26 Å². The van der Waals surface area contributed by atoms with Gasteiger partial charge in [-0.25, -0.2) is 0 Å². The van der Waals surface area contributed by atoms with Crippen molar-refractivity contribution in [1.29, 1.82) is 5.26 Å². The van der Waals surface area contributed by atoms with Crippen LogP contribution in [0.4, 0.5) is 5.13 Å². The van der Waals surface area contributed by atoms with Gasteiger partial charge in [0.2, 0.25) is 5.13 Å². The number of rotatable bonds is 8. The van der Waals surface area contributed by atoms with Crippen LogP contribution in [0, 0.1) is 11.3 Å². The summed E-state index contributed by atoms with van der Waals surface area (Å²) in [6.07, 6.45) is 2.22. The van der Waals surface area contributed by atoms with Crippen molar-refractivity contribution in [2.24, 2.45) is 0 Å². The number of aryl methyl sites for hydroxylation is 1.